The average Bonchev–Trinajstić information content (AvgIpc) is 3.33. The average molecular weight is 532 g/mol. The summed E-state index contributed by atoms with van der Waals surface area (Å²) in [5.74, 6) is -0.688. The highest BCUT2D eigenvalue weighted by Crippen LogP contribution is 2.33. The Morgan fingerprint density at radius 3 is 2.70 bits per heavy atom. The first-order valence-electron chi connectivity index (χ1n) is 11.1. The highest BCUT2D eigenvalue weighted by Gasteiger charge is 2.36. The van der Waals surface area contributed by atoms with Gasteiger partial charge in [-0.1, -0.05) is 17.7 Å². The van der Waals surface area contributed by atoms with Gasteiger partial charge in [0.05, 0.1) is 17.7 Å². The van der Waals surface area contributed by atoms with Crippen molar-refractivity contribution in [3.8, 4) is 11.5 Å². The molecular formula is C26H18ClN5O4S. The van der Waals surface area contributed by atoms with Crippen molar-refractivity contribution >= 4 is 57.4 Å². The normalized spacial score (nSPS) is 15.8. The van der Waals surface area contributed by atoms with Crippen molar-refractivity contribution in [2.24, 2.45) is 10.1 Å². The fraction of sp³-hybridized carbons (Fsp3) is 0.0769. The molecule has 3 aromatic rings. The van der Waals surface area contributed by atoms with Gasteiger partial charge in [0.15, 0.2) is 17.3 Å². The van der Waals surface area contributed by atoms with Gasteiger partial charge in [-0.2, -0.15) is 15.1 Å². The quantitative estimate of drug-likeness (QED) is 0.269. The minimum absolute atomic E-state index is 0.0638. The lowest BCUT2D eigenvalue weighted by Gasteiger charge is -2.20. The lowest BCUT2D eigenvalue weighted by molar-refractivity contribution is -0.114. The SMILES string of the molecule is CCOc1cc(C=C2C(=N)N3N=C(c4cccnc4)SC3=NC2=O)ccc1OC(=O)c1ccc(Cl)cc1. The number of benzene rings is 2. The number of thioether (sulfide) groups is 1. The Labute approximate surface area is 221 Å². The number of hydrogen-bond donors (Lipinski definition) is 1. The Morgan fingerprint density at radius 1 is 1.16 bits per heavy atom. The summed E-state index contributed by atoms with van der Waals surface area (Å²) < 4.78 is 11.2. The molecule has 0 atom stereocenters. The Balaban J connectivity index is 1.41. The molecule has 0 saturated heterocycles. The fourth-order valence-electron chi connectivity index (χ4n) is 3.48. The summed E-state index contributed by atoms with van der Waals surface area (Å²) in [6, 6.07) is 14.8. The minimum atomic E-state index is -0.566. The highest BCUT2D eigenvalue weighted by molar-refractivity contribution is 8.27. The van der Waals surface area contributed by atoms with Crippen LogP contribution in [0.15, 0.2) is 82.7 Å². The van der Waals surface area contributed by atoms with Crippen molar-refractivity contribution in [2.75, 3.05) is 6.61 Å². The minimum Gasteiger partial charge on any atom is -0.490 e. The first kappa shape index (κ1) is 24.4. The van der Waals surface area contributed by atoms with Crippen molar-refractivity contribution in [2.45, 2.75) is 6.92 Å². The molecular weight excluding hydrogens is 514 g/mol. The zero-order chi connectivity index (χ0) is 25.9. The van der Waals surface area contributed by atoms with E-state index in [9.17, 15) is 9.59 Å². The van der Waals surface area contributed by atoms with E-state index >= 15 is 0 Å². The van der Waals surface area contributed by atoms with Gasteiger partial charge in [0.25, 0.3) is 5.91 Å². The van der Waals surface area contributed by atoms with Crippen LogP contribution in [0, 0.1) is 5.41 Å². The maximum absolute atomic E-state index is 12.8. The summed E-state index contributed by atoms with van der Waals surface area (Å²) in [5.41, 5.74) is 1.72. The fourth-order valence-corrected chi connectivity index (χ4v) is 4.48. The number of halogens is 1. The van der Waals surface area contributed by atoms with Gasteiger partial charge in [0, 0.05) is 23.0 Å². The number of ether oxygens (including phenoxy) is 2. The molecule has 2 aromatic carbocycles. The predicted molar refractivity (Wildman–Crippen MR) is 142 cm³/mol. The molecule has 0 bridgehead atoms. The maximum atomic E-state index is 12.8. The topological polar surface area (TPSA) is 117 Å². The van der Waals surface area contributed by atoms with E-state index in [1.165, 1.54) is 22.8 Å². The number of rotatable bonds is 6. The molecule has 1 aromatic heterocycles. The first-order chi connectivity index (χ1) is 17.9. The van der Waals surface area contributed by atoms with E-state index in [1.54, 1.807) is 67.8 Å². The molecule has 0 saturated carbocycles. The highest BCUT2D eigenvalue weighted by atomic mass is 35.5. The Morgan fingerprint density at radius 2 is 1.97 bits per heavy atom. The molecule has 0 unspecified atom stereocenters. The number of carbonyl (C=O) groups excluding carboxylic acids is 2. The van der Waals surface area contributed by atoms with Crippen LogP contribution < -0.4 is 9.47 Å². The summed E-state index contributed by atoms with van der Waals surface area (Å²) in [6.45, 7) is 2.13. The van der Waals surface area contributed by atoms with Crippen LogP contribution in [-0.4, -0.2) is 44.5 Å². The van der Waals surface area contributed by atoms with Gasteiger partial charge in [-0.05, 0) is 78.9 Å². The molecule has 0 aliphatic carbocycles. The van der Waals surface area contributed by atoms with E-state index in [0.29, 0.717) is 38.7 Å². The second-order valence-electron chi connectivity index (χ2n) is 7.70. The van der Waals surface area contributed by atoms with Gasteiger partial charge in [0.2, 0.25) is 5.17 Å². The third-order valence-corrected chi connectivity index (χ3v) is 6.43. The van der Waals surface area contributed by atoms with Crippen LogP contribution in [0.25, 0.3) is 6.08 Å². The summed E-state index contributed by atoms with van der Waals surface area (Å²) in [4.78, 5) is 33.6. The van der Waals surface area contributed by atoms with Crippen LogP contribution in [0.4, 0.5) is 0 Å². The molecule has 5 rings (SSSR count). The van der Waals surface area contributed by atoms with E-state index < -0.39 is 11.9 Å². The summed E-state index contributed by atoms with van der Waals surface area (Å²) in [5, 5.41) is 15.8. The van der Waals surface area contributed by atoms with Gasteiger partial charge >= 0.3 is 5.97 Å². The lowest BCUT2D eigenvalue weighted by atomic mass is 10.1. The number of pyridine rings is 1. The molecule has 2 aliphatic rings. The molecule has 0 radical (unpaired) electrons. The van der Waals surface area contributed by atoms with Gasteiger partial charge < -0.3 is 9.47 Å². The zero-order valence-corrected chi connectivity index (χ0v) is 20.9. The molecule has 2 aliphatic heterocycles. The summed E-state index contributed by atoms with van der Waals surface area (Å²) in [7, 11) is 0. The number of hydrazone groups is 1. The standard InChI is InChI=1S/C26H18ClN5O4S/c1-2-35-21-13-15(5-10-20(21)36-25(34)16-6-8-18(27)9-7-16)12-19-22(28)32-26(30-23(19)33)37-24(31-32)17-4-3-11-29-14-17/h3-14,28H,2H2,1H3. The van der Waals surface area contributed by atoms with Gasteiger partial charge in [-0.15, -0.1) is 0 Å². The van der Waals surface area contributed by atoms with Crippen molar-refractivity contribution in [1.29, 1.82) is 5.41 Å². The second kappa shape index (κ2) is 10.4. The molecule has 3 heterocycles. The van der Waals surface area contributed by atoms with Gasteiger partial charge in [-0.25, -0.2) is 4.79 Å². The first-order valence-corrected chi connectivity index (χ1v) is 12.3. The summed E-state index contributed by atoms with van der Waals surface area (Å²) in [6.07, 6.45) is 4.84. The van der Waals surface area contributed by atoms with Crippen LogP contribution in [0.3, 0.4) is 0 Å². The molecule has 184 valence electrons. The maximum Gasteiger partial charge on any atom is 0.343 e. The molecule has 0 fully saturated rings. The Kier molecular flexibility index (Phi) is 6.85. The third-order valence-electron chi connectivity index (χ3n) is 5.22. The van der Waals surface area contributed by atoms with Crippen LogP contribution in [0.5, 0.6) is 11.5 Å². The molecule has 9 nitrogen and oxygen atoms in total. The van der Waals surface area contributed by atoms with Gasteiger partial charge in [-0.3, -0.25) is 15.2 Å². The monoisotopic (exact) mass is 531 g/mol. The van der Waals surface area contributed by atoms with Crippen molar-refractivity contribution < 1.29 is 19.1 Å². The number of esters is 1. The predicted octanol–water partition coefficient (Wildman–Crippen LogP) is 5.02. The third kappa shape index (κ3) is 5.16. The van der Waals surface area contributed by atoms with E-state index in [4.69, 9.17) is 26.5 Å². The van der Waals surface area contributed by atoms with Crippen LogP contribution >= 0.6 is 23.4 Å². The number of aromatic nitrogens is 1. The number of aliphatic imine (C=N–C) groups is 1. The lowest BCUT2D eigenvalue weighted by Crippen LogP contribution is -2.35. The molecule has 1 amide bonds. The zero-order valence-electron chi connectivity index (χ0n) is 19.3. The Hall–Kier alpha value is -4.28. The van der Waals surface area contributed by atoms with Crippen LogP contribution in [0.1, 0.15) is 28.4 Å². The van der Waals surface area contributed by atoms with E-state index in [1.807, 2.05) is 6.07 Å². The van der Waals surface area contributed by atoms with E-state index in [2.05, 4.69) is 15.1 Å². The smallest absolute Gasteiger partial charge is 0.343 e. The van der Waals surface area contributed by atoms with Gasteiger partial charge in [0.1, 0.15) is 5.04 Å². The van der Waals surface area contributed by atoms with Crippen molar-refractivity contribution in [3.63, 3.8) is 0 Å². The van der Waals surface area contributed by atoms with Crippen LogP contribution in [0.2, 0.25) is 5.02 Å². The van der Waals surface area contributed by atoms with Crippen molar-refractivity contribution in [1.82, 2.24) is 9.99 Å². The number of carbonyl (C=O) groups is 2. The summed E-state index contributed by atoms with van der Waals surface area (Å²) >= 11 is 7.09. The molecule has 37 heavy (non-hydrogen) atoms. The number of amidine groups is 2. The number of amides is 1. The second-order valence-corrected chi connectivity index (χ2v) is 9.09. The number of nitrogens with one attached hydrogen (secondary N) is 1. The van der Waals surface area contributed by atoms with E-state index in [0.717, 1.165) is 5.56 Å². The Bertz CT molecular complexity index is 1500. The molecule has 1 N–H and O–H groups in total. The number of fused-ring (bicyclic) bond motifs is 1. The molecule has 0 spiro atoms. The largest absolute Gasteiger partial charge is 0.490 e. The van der Waals surface area contributed by atoms with Crippen molar-refractivity contribution in [3.05, 3.63) is 94.3 Å². The molecule has 11 heteroatoms. The van der Waals surface area contributed by atoms with E-state index in [-0.39, 0.29) is 17.2 Å². The number of hydrogen-bond acceptors (Lipinski definition) is 8. The van der Waals surface area contributed by atoms with Crippen LogP contribution in [-0.2, 0) is 4.79 Å². The number of nitrogens with zero attached hydrogens (tertiary/aromatic N) is 4.